The molecular weight excluding hydrogens is 791 g/mol. The molecule has 0 aliphatic carbocycles. The fourth-order valence-electron chi connectivity index (χ4n) is 9.21. The molecule has 2 heteroatoms. The van der Waals surface area contributed by atoms with Crippen molar-refractivity contribution in [1.82, 2.24) is 0 Å². The van der Waals surface area contributed by atoms with Crippen LogP contribution in [0.1, 0.15) is 0 Å². The van der Waals surface area contributed by atoms with E-state index in [1.165, 1.54) is 97.4 Å². The molecule has 12 rings (SSSR count). The van der Waals surface area contributed by atoms with Gasteiger partial charge in [-0.1, -0.05) is 182 Å². The van der Waals surface area contributed by atoms with Crippen LogP contribution in [-0.2, 0) is 0 Å². The van der Waals surface area contributed by atoms with Crippen LogP contribution in [0.2, 0.25) is 0 Å². The van der Waals surface area contributed by atoms with Crippen molar-refractivity contribution in [3.8, 4) is 55.6 Å². The number of nitrogens with zero attached hydrogens (tertiary/aromatic N) is 1. The molecule has 0 saturated carbocycles. The number of fused-ring (bicyclic) bond motifs is 5. The molecule has 300 valence electrons. The lowest BCUT2D eigenvalue weighted by Crippen LogP contribution is -2.09. The molecule has 0 bridgehead atoms. The maximum atomic E-state index is 2.36. The highest BCUT2D eigenvalue weighted by atomic mass is 32.1. The molecule has 0 spiro atoms. The van der Waals surface area contributed by atoms with Gasteiger partial charge in [0, 0.05) is 37.2 Å². The second kappa shape index (κ2) is 16.0. The third kappa shape index (κ3) is 7.10. The Labute approximate surface area is 377 Å². The molecular formula is C62H41NS. The monoisotopic (exact) mass is 831 g/mol. The molecule has 0 aliphatic heterocycles. The first-order chi connectivity index (χ1) is 31.7. The number of anilines is 3. The summed E-state index contributed by atoms with van der Waals surface area (Å²) < 4.78 is 2.66. The summed E-state index contributed by atoms with van der Waals surface area (Å²) in [4.78, 5) is 2.36. The molecule has 0 radical (unpaired) electrons. The van der Waals surface area contributed by atoms with E-state index in [-0.39, 0.29) is 0 Å². The topological polar surface area (TPSA) is 3.24 Å². The zero-order valence-electron chi connectivity index (χ0n) is 35.0. The van der Waals surface area contributed by atoms with E-state index in [0.717, 1.165) is 17.1 Å². The van der Waals surface area contributed by atoms with Gasteiger partial charge < -0.3 is 4.90 Å². The van der Waals surface area contributed by atoms with Crippen molar-refractivity contribution in [2.24, 2.45) is 0 Å². The van der Waals surface area contributed by atoms with Gasteiger partial charge in [0.2, 0.25) is 0 Å². The number of hydrogen-bond donors (Lipinski definition) is 0. The van der Waals surface area contributed by atoms with Crippen molar-refractivity contribution in [2.75, 3.05) is 4.90 Å². The predicted octanol–water partition coefficient (Wildman–Crippen LogP) is 18.2. The second-order valence-electron chi connectivity index (χ2n) is 16.6. The van der Waals surface area contributed by atoms with Crippen LogP contribution in [0.15, 0.2) is 249 Å². The highest BCUT2D eigenvalue weighted by Gasteiger charge is 2.15. The van der Waals surface area contributed by atoms with Gasteiger partial charge in [0.1, 0.15) is 0 Å². The van der Waals surface area contributed by atoms with Crippen molar-refractivity contribution in [3.63, 3.8) is 0 Å². The third-order valence-electron chi connectivity index (χ3n) is 12.7. The molecule has 1 aromatic heterocycles. The first-order valence-corrected chi connectivity index (χ1v) is 22.7. The van der Waals surface area contributed by atoms with Crippen LogP contribution in [0.25, 0.3) is 97.4 Å². The Bertz CT molecular complexity index is 3620. The van der Waals surface area contributed by atoms with E-state index in [1.807, 2.05) is 11.3 Å². The summed E-state index contributed by atoms with van der Waals surface area (Å²) in [5.74, 6) is 0. The molecule has 0 aliphatic rings. The number of benzene rings is 11. The minimum atomic E-state index is 1.10. The molecule has 11 aromatic carbocycles. The van der Waals surface area contributed by atoms with Crippen LogP contribution in [0, 0.1) is 0 Å². The standard InChI is InChI=1S/C62H41NS/c1-3-9-51-39-53(23-21-42(51)7-1)48-17-13-44(14-18-48)46-25-32-56(33-26-46)63(58-36-29-50(30-37-58)54-24-22-43-8-2-4-10-52(43)40-54)57-34-27-47(28-35-57)45-15-19-49(20-16-45)55-31-38-62-60(41-55)59-11-5-6-12-61(59)64-62/h1-41H. The van der Waals surface area contributed by atoms with Crippen LogP contribution >= 0.6 is 11.3 Å². The molecule has 0 N–H and O–H groups in total. The Kier molecular flexibility index (Phi) is 9.43. The van der Waals surface area contributed by atoms with E-state index in [2.05, 4.69) is 254 Å². The normalized spacial score (nSPS) is 11.4. The fraction of sp³-hybridized carbons (Fsp3) is 0. The van der Waals surface area contributed by atoms with Gasteiger partial charge in [-0.05, 0) is 144 Å². The lowest BCUT2D eigenvalue weighted by Gasteiger charge is -2.26. The number of rotatable bonds is 8. The van der Waals surface area contributed by atoms with E-state index in [9.17, 15) is 0 Å². The lowest BCUT2D eigenvalue weighted by atomic mass is 9.98. The van der Waals surface area contributed by atoms with Gasteiger partial charge >= 0.3 is 0 Å². The Hall–Kier alpha value is -8.04. The van der Waals surface area contributed by atoms with Gasteiger partial charge in [-0.15, -0.1) is 11.3 Å². The average Bonchev–Trinajstić information content (AvgIpc) is 3.75. The van der Waals surface area contributed by atoms with Crippen LogP contribution < -0.4 is 4.90 Å². The summed E-state index contributed by atoms with van der Waals surface area (Å²) in [5, 5.41) is 7.67. The van der Waals surface area contributed by atoms with Crippen molar-refractivity contribution >= 4 is 70.1 Å². The van der Waals surface area contributed by atoms with Gasteiger partial charge in [-0.3, -0.25) is 0 Å². The summed E-state index contributed by atoms with van der Waals surface area (Å²) in [6.07, 6.45) is 0. The van der Waals surface area contributed by atoms with E-state index in [4.69, 9.17) is 0 Å². The SMILES string of the molecule is c1ccc2cc(-c3ccc(-c4ccc(N(c5ccc(-c6ccc(-c7ccc8sc9ccccc9c8c7)cc6)cc5)c5ccc(-c6ccc7ccccc7c6)cc5)cc4)cc3)ccc2c1. The molecule has 64 heavy (non-hydrogen) atoms. The summed E-state index contributed by atoms with van der Waals surface area (Å²) in [5.41, 5.74) is 15.4. The Balaban J connectivity index is 0.845. The maximum absolute atomic E-state index is 2.36. The zero-order valence-corrected chi connectivity index (χ0v) is 35.8. The first-order valence-electron chi connectivity index (χ1n) is 21.9. The quantitative estimate of drug-likeness (QED) is 0.147. The largest absolute Gasteiger partial charge is 0.311 e. The van der Waals surface area contributed by atoms with E-state index in [0.29, 0.717) is 0 Å². The van der Waals surface area contributed by atoms with Gasteiger partial charge in [0.25, 0.3) is 0 Å². The highest BCUT2D eigenvalue weighted by Crippen LogP contribution is 2.40. The third-order valence-corrected chi connectivity index (χ3v) is 13.8. The smallest absolute Gasteiger partial charge is 0.0462 e. The molecule has 0 atom stereocenters. The molecule has 0 amide bonds. The fourth-order valence-corrected chi connectivity index (χ4v) is 10.3. The zero-order chi connectivity index (χ0) is 42.4. The second-order valence-corrected chi connectivity index (χ2v) is 17.6. The van der Waals surface area contributed by atoms with Crippen LogP contribution in [0.3, 0.4) is 0 Å². The van der Waals surface area contributed by atoms with Crippen LogP contribution in [-0.4, -0.2) is 0 Å². The lowest BCUT2D eigenvalue weighted by molar-refractivity contribution is 1.28. The van der Waals surface area contributed by atoms with Crippen LogP contribution in [0.4, 0.5) is 17.1 Å². The number of thiophene rings is 1. The minimum absolute atomic E-state index is 1.10. The van der Waals surface area contributed by atoms with Gasteiger partial charge in [-0.25, -0.2) is 0 Å². The summed E-state index contributed by atoms with van der Waals surface area (Å²) in [6.45, 7) is 0. The summed E-state index contributed by atoms with van der Waals surface area (Å²) in [6, 6.07) is 90.9. The molecule has 0 unspecified atom stereocenters. The summed E-state index contributed by atoms with van der Waals surface area (Å²) >= 11 is 1.86. The van der Waals surface area contributed by atoms with Crippen molar-refractivity contribution in [3.05, 3.63) is 249 Å². The average molecular weight is 832 g/mol. The Morgan fingerprint density at radius 2 is 0.531 bits per heavy atom. The Morgan fingerprint density at radius 1 is 0.219 bits per heavy atom. The molecule has 1 nitrogen and oxygen atoms in total. The molecule has 0 fully saturated rings. The van der Waals surface area contributed by atoms with E-state index in [1.54, 1.807) is 0 Å². The highest BCUT2D eigenvalue weighted by molar-refractivity contribution is 7.25. The van der Waals surface area contributed by atoms with Crippen molar-refractivity contribution in [1.29, 1.82) is 0 Å². The van der Waals surface area contributed by atoms with Gasteiger partial charge in [0.15, 0.2) is 0 Å². The van der Waals surface area contributed by atoms with Crippen molar-refractivity contribution < 1.29 is 0 Å². The van der Waals surface area contributed by atoms with E-state index < -0.39 is 0 Å². The van der Waals surface area contributed by atoms with Gasteiger partial charge in [-0.2, -0.15) is 0 Å². The van der Waals surface area contributed by atoms with E-state index >= 15 is 0 Å². The number of hydrogen-bond acceptors (Lipinski definition) is 2. The molecule has 0 saturated heterocycles. The van der Waals surface area contributed by atoms with Gasteiger partial charge in [0.05, 0.1) is 0 Å². The van der Waals surface area contributed by atoms with Crippen molar-refractivity contribution in [2.45, 2.75) is 0 Å². The maximum Gasteiger partial charge on any atom is 0.0462 e. The van der Waals surface area contributed by atoms with Crippen LogP contribution in [0.5, 0.6) is 0 Å². The predicted molar refractivity (Wildman–Crippen MR) is 276 cm³/mol. The molecule has 1 heterocycles. The first kappa shape index (κ1) is 37.7. The molecule has 12 aromatic rings. The minimum Gasteiger partial charge on any atom is -0.311 e. The Morgan fingerprint density at radius 3 is 0.984 bits per heavy atom. The summed E-state index contributed by atoms with van der Waals surface area (Å²) in [7, 11) is 0.